The van der Waals surface area contributed by atoms with Gasteiger partial charge >= 0.3 is 0 Å². The van der Waals surface area contributed by atoms with Crippen molar-refractivity contribution in [1.29, 1.82) is 0 Å². The van der Waals surface area contributed by atoms with E-state index in [1.54, 1.807) is 6.20 Å². The summed E-state index contributed by atoms with van der Waals surface area (Å²) in [5, 5.41) is 3.21. The molecule has 1 aromatic carbocycles. The zero-order valence-corrected chi connectivity index (χ0v) is 10.7. The number of halogens is 2. The molecule has 18 heavy (non-hydrogen) atoms. The highest BCUT2D eigenvalue weighted by Crippen LogP contribution is 2.22. The molecule has 0 fully saturated rings. The van der Waals surface area contributed by atoms with Crippen LogP contribution in [-0.4, -0.2) is 15.3 Å². The second-order valence-electron chi connectivity index (χ2n) is 3.92. The third-order valence-corrected chi connectivity index (χ3v) is 2.98. The zero-order valence-electron chi connectivity index (χ0n) is 9.86. The summed E-state index contributed by atoms with van der Waals surface area (Å²) in [6.07, 6.45) is 2.53. The third kappa shape index (κ3) is 3.08. The van der Waals surface area contributed by atoms with E-state index in [2.05, 4.69) is 14.1 Å². The minimum atomic E-state index is -0.587. The largest absolute Gasteiger partial charge is 0.305 e. The van der Waals surface area contributed by atoms with Crippen LogP contribution >= 0.6 is 11.7 Å². The Morgan fingerprint density at radius 3 is 2.56 bits per heavy atom. The minimum absolute atomic E-state index is 0.325. The van der Waals surface area contributed by atoms with Gasteiger partial charge in [-0.1, -0.05) is 6.92 Å². The van der Waals surface area contributed by atoms with Crippen LogP contribution in [0.3, 0.4) is 0 Å². The van der Waals surface area contributed by atoms with Gasteiger partial charge in [-0.25, -0.2) is 8.78 Å². The summed E-state index contributed by atoms with van der Waals surface area (Å²) in [5.41, 5.74) is 1.20. The van der Waals surface area contributed by atoms with Crippen LogP contribution in [0.2, 0.25) is 0 Å². The molecule has 0 amide bonds. The summed E-state index contributed by atoms with van der Waals surface area (Å²) in [4.78, 5) is 0. The third-order valence-electron chi connectivity index (χ3n) is 2.49. The second-order valence-corrected chi connectivity index (χ2v) is 4.48. The van der Waals surface area contributed by atoms with Gasteiger partial charge in [0.05, 0.1) is 29.7 Å². The van der Waals surface area contributed by atoms with Crippen molar-refractivity contribution in [2.75, 3.05) is 6.54 Å². The molecule has 0 aliphatic heterocycles. The van der Waals surface area contributed by atoms with Gasteiger partial charge in [-0.15, -0.1) is 0 Å². The summed E-state index contributed by atoms with van der Waals surface area (Å²) in [6.45, 7) is 2.76. The molecule has 0 bridgehead atoms. The van der Waals surface area contributed by atoms with Crippen molar-refractivity contribution in [3.8, 4) is 0 Å². The van der Waals surface area contributed by atoms with Gasteiger partial charge in [0, 0.05) is 6.07 Å². The van der Waals surface area contributed by atoms with Crippen LogP contribution in [0.4, 0.5) is 8.78 Å². The predicted octanol–water partition coefficient (Wildman–Crippen LogP) is 2.91. The second kappa shape index (κ2) is 5.97. The van der Waals surface area contributed by atoms with E-state index in [9.17, 15) is 8.78 Å². The van der Waals surface area contributed by atoms with E-state index in [0.717, 1.165) is 30.8 Å². The van der Waals surface area contributed by atoms with Gasteiger partial charge in [0.2, 0.25) is 0 Å². The van der Waals surface area contributed by atoms with E-state index in [-0.39, 0.29) is 6.04 Å². The zero-order chi connectivity index (χ0) is 13.0. The van der Waals surface area contributed by atoms with E-state index in [4.69, 9.17) is 0 Å². The van der Waals surface area contributed by atoms with Gasteiger partial charge in [-0.2, -0.15) is 8.75 Å². The maximum atomic E-state index is 13.3. The minimum Gasteiger partial charge on any atom is -0.305 e. The van der Waals surface area contributed by atoms with Crippen molar-refractivity contribution in [3.05, 3.63) is 47.3 Å². The first-order valence-electron chi connectivity index (χ1n) is 5.67. The van der Waals surface area contributed by atoms with Gasteiger partial charge < -0.3 is 5.32 Å². The van der Waals surface area contributed by atoms with Gasteiger partial charge in [-0.3, -0.25) is 0 Å². The molecule has 0 radical (unpaired) electrons. The quantitative estimate of drug-likeness (QED) is 0.907. The number of rotatable bonds is 5. The van der Waals surface area contributed by atoms with Crippen LogP contribution in [0, 0.1) is 11.6 Å². The average Bonchev–Trinajstić information content (AvgIpc) is 2.82. The van der Waals surface area contributed by atoms with E-state index < -0.39 is 11.6 Å². The molecule has 1 atom stereocenters. The van der Waals surface area contributed by atoms with E-state index in [1.165, 1.54) is 12.1 Å². The smallest absolute Gasteiger partial charge is 0.126 e. The fraction of sp³-hybridized carbons (Fsp3) is 0.333. The van der Waals surface area contributed by atoms with Crippen LogP contribution < -0.4 is 5.32 Å². The first kappa shape index (κ1) is 13.0. The number of nitrogens with zero attached hydrogens (tertiary/aromatic N) is 2. The van der Waals surface area contributed by atoms with Crippen molar-refractivity contribution in [3.63, 3.8) is 0 Å². The summed E-state index contributed by atoms with van der Waals surface area (Å²) >= 11 is 1.08. The first-order chi connectivity index (χ1) is 8.70. The Hall–Kier alpha value is -1.40. The molecule has 0 saturated carbocycles. The SMILES string of the molecule is CCCNC(c1cc(F)cc(F)c1)c1cnsn1. The highest BCUT2D eigenvalue weighted by Gasteiger charge is 2.17. The molecule has 96 valence electrons. The molecule has 0 aliphatic carbocycles. The normalized spacial score (nSPS) is 12.6. The Bertz CT molecular complexity index is 482. The Kier molecular flexibility index (Phi) is 4.33. The molecular formula is C12H13F2N3S. The molecular weight excluding hydrogens is 256 g/mol. The van der Waals surface area contributed by atoms with Crippen molar-refractivity contribution < 1.29 is 8.78 Å². The average molecular weight is 269 g/mol. The maximum Gasteiger partial charge on any atom is 0.126 e. The lowest BCUT2D eigenvalue weighted by Gasteiger charge is -2.16. The molecule has 2 aromatic rings. The number of hydrogen-bond donors (Lipinski definition) is 1. The molecule has 1 N–H and O–H groups in total. The molecule has 6 heteroatoms. The van der Waals surface area contributed by atoms with Crippen molar-refractivity contribution in [1.82, 2.24) is 14.1 Å². The molecule has 0 saturated heterocycles. The van der Waals surface area contributed by atoms with Crippen LogP contribution in [0.1, 0.15) is 30.6 Å². The van der Waals surface area contributed by atoms with E-state index in [1.807, 2.05) is 6.92 Å². The Morgan fingerprint density at radius 1 is 1.28 bits per heavy atom. The number of hydrogen-bond acceptors (Lipinski definition) is 4. The lowest BCUT2D eigenvalue weighted by Crippen LogP contribution is -2.23. The standard InChI is InChI=1S/C12H13F2N3S/c1-2-3-15-12(11-7-16-18-17-11)8-4-9(13)6-10(14)5-8/h4-7,12,15H,2-3H2,1H3. The Morgan fingerprint density at radius 2 is 2.00 bits per heavy atom. The summed E-state index contributed by atoms with van der Waals surface area (Å²) < 4.78 is 34.6. The number of nitrogens with one attached hydrogen (secondary N) is 1. The Balaban J connectivity index is 2.33. The maximum absolute atomic E-state index is 13.3. The van der Waals surface area contributed by atoms with Crippen molar-refractivity contribution in [2.45, 2.75) is 19.4 Å². The van der Waals surface area contributed by atoms with Crippen LogP contribution in [0.15, 0.2) is 24.4 Å². The van der Waals surface area contributed by atoms with E-state index in [0.29, 0.717) is 11.3 Å². The van der Waals surface area contributed by atoms with Gasteiger partial charge in [0.25, 0.3) is 0 Å². The van der Waals surface area contributed by atoms with Gasteiger partial charge in [0.15, 0.2) is 0 Å². The fourth-order valence-electron chi connectivity index (χ4n) is 1.72. The molecule has 3 nitrogen and oxygen atoms in total. The van der Waals surface area contributed by atoms with Gasteiger partial charge in [0.1, 0.15) is 11.6 Å². The lowest BCUT2D eigenvalue weighted by atomic mass is 10.0. The highest BCUT2D eigenvalue weighted by molar-refractivity contribution is 6.99. The van der Waals surface area contributed by atoms with E-state index >= 15 is 0 Å². The monoisotopic (exact) mass is 269 g/mol. The highest BCUT2D eigenvalue weighted by atomic mass is 32.1. The fourth-order valence-corrected chi connectivity index (χ4v) is 2.17. The molecule has 0 spiro atoms. The first-order valence-corrected chi connectivity index (χ1v) is 6.40. The number of aromatic nitrogens is 2. The molecule has 1 heterocycles. The molecule has 0 aliphatic rings. The summed E-state index contributed by atoms with van der Waals surface area (Å²) in [6, 6.07) is 3.17. The summed E-state index contributed by atoms with van der Waals surface area (Å²) in [7, 11) is 0. The molecule has 2 rings (SSSR count). The number of benzene rings is 1. The predicted molar refractivity (Wildman–Crippen MR) is 66.4 cm³/mol. The van der Waals surface area contributed by atoms with Crippen molar-refractivity contribution in [2.24, 2.45) is 0 Å². The van der Waals surface area contributed by atoms with Gasteiger partial charge in [-0.05, 0) is 30.7 Å². The summed E-state index contributed by atoms with van der Waals surface area (Å²) in [5.74, 6) is -1.17. The van der Waals surface area contributed by atoms with Crippen molar-refractivity contribution >= 4 is 11.7 Å². The van der Waals surface area contributed by atoms with Crippen LogP contribution in [0.25, 0.3) is 0 Å². The van der Waals surface area contributed by atoms with Crippen LogP contribution in [-0.2, 0) is 0 Å². The molecule has 1 unspecified atom stereocenters. The topological polar surface area (TPSA) is 37.8 Å². The Labute approximate surface area is 108 Å². The van der Waals surface area contributed by atoms with Crippen LogP contribution in [0.5, 0.6) is 0 Å². The lowest BCUT2D eigenvalue weighted by molar-refractivity contribution is 0.555. The molecule has 1 aromatic heterocycles.